The molecule has 0 saturated carbocycles. The smallest absolute Gasteiger partial charge is 0.264 e. The third-order valence-corrected chi connectivity index (χ3v) is 5.43. The predicted molar refractivity (Wildman–Crippen MR) is 87.0 cm³/mol. The summed E-state index contributed by atoms with van der Waals surface area (Å²) in [6, 6.07) is 10.0. The molecule has 5 nitrogen and oxygen atoms in total. The van der Waals surface area contributed by atoms with Gasteiger partial charge in [-0.25, -0.2) is 8.42 Å². The third kappa shape index (κ3) is 3.19. The van der Waals surface area contributed by atoms with Gasteiger partial charge in [0.05, 0.1) is 21.2 Å². The first-order chi connectivity index (χ1) is 10.2. The standard InChI is InChI=1S/C14H12Cl2N2O3S/c1-18(10-4-7-13(16)12(8-10)14(17)19)22(20,21)11-5-2-9(15)3-6-11/h2-8H,1H3,(H2,17,19). The van der Waals surface area contributed by atoms with E-state index in [1.165, 1.54) is 49.5 Å². The number of hydrogen-bond donors (Lipinski definition) is 1. The molecule has 8 heteroatoms. The van der Waals surface area contributed by atoms with Crippen LogP contribution in [-0.4, -0.2) is 21.4 Å². The summed E-state index contributed by atoms with van der Waals surface area (Å²) in [5, 5.41) is 0.595. The Morgan fingerprint density at radius 1 is 1.09 bits per heavy atom. The number of sulfonamides is 1. The van der Waals surface area contributed by atoms with E-state index in [0.29, 0.717) is 5.02 Å². The highest BCUT2D eigenvalue weighted by Crippen LogP contribution is 2.27. The lowest BCUT2D eigenvalue weighted by atomic mass is 10.2. The molecule has 2 N–H and O–H groups in total. The largest absolute Gasteiger partial charge is 0.366 e. The van der Waals surface area contributed by atoms with E-state index in [1.54, 1.807) is 0 Å². The topological polar surface area (TPSA) is 80.5 Å². The van der Waals surface area contributed by atoms with Crippen LogP contribution < -0.4 is 10.0 Å². The predicted octanol–water partition coefficient (Wildman–Crippen LogP) is 2.92. The molecular weight excluding hydrogens is 347 g/mol. The Balaban J connectivity index is 2.46. The molecule has 0 fully saturated rings. The molecule has 0 bridgehead atoms. The number of anilines is 1. The summed E-state index contributed by atoms with van der Waals surface area (Å²) < 4.78 is 26.1. The molecule has 22 heavy (non-hydrogen) atoms. The lowest BCUT2D eigenvalue weighted by Gasteiger charge is -2.20. The zero-order valence-electron chi connectivity index (χ0n) is 11.5. The highest BCUT2D eigenvalue weighted by molar-refractivity contribution is 7.92. The second kappa shape index (κ2) is 6.16. The van der Waals surface area contributed by atoms with E-state index < -0.39 is 15.9 Å². The van der Waals surface area contributed by atoms with E-state index in [-0.39, 0.29) is 21.2 Å². The molecule has 0 unspecified atom stereocenters. The first kappa shape index (κ1) is 16.6. The molecule has 0 aliphatic carbocycles. The van der Waals surface area contributed by atoms with Gasteiger partial charge in [0, 0.05) is 12.1 Å². The summed E-state index contributed by atoms with van der Waals surface area (Å²) >= 11 is 11.6. The maximum absolute atomic E-state index is 12.5. The minimum absolute atomic E-state index is 0.0531. The van der Waals surface area contributed by atoms with E-state index >= 15 is 0 Å². The van der Waals surface area contributed by atoms with Crippen LogP contribution in [0.3, 0.4) is 0 Å². The Labute approximate surface area is 138 Å². The minimum atomic E-state index is -3.78. The Hall–Kier alpha value is -1.76. The number of nitrogens with two attached hydrogens (primary N) is 1. The van der Waals surface area contributed by atoms with Gasteiger partial charge < -0.3 is 5.73 Å². The van der Waals surface area contributed by atoms with Gasteiger partial charge in [-0.1, -0.05) is 23.2 Å². The van der Waals surface area contributed by atoms with Gasteiger partial charge in [-0.3, -0.25) is 9.10 Å². The van der Waals surface area contributed by atoms with Crippen molar-refractivity contribution >= 4 is 44.8 Å². The minimum Gasteiger partial charge on any atom is -0.366 e. The monoisotopic (exact) mass is 358 g/mol. The number of amides is 1. The fourth-order valence-electron chi connectivity index (χ4n) is 1.80. The lowest BCUT2D eigenvalue weighted by molar-refractivity contribution is 0.100. The van der Waals surface area contributed by atoms with E-state index in [1.807, 2.05) is 0 Å². The van der Waals surface area contributed by atoms with Gasteiger partial charge in [0.1, 0.15) is 0 Å². The molecule has 1 amide bonds. The van der Waals surface area contributed by atoms with Crippen molar-refractivity contribution in [2.75, 3.05) is 11.4 Å². The van der Waals surface area contributed by atoms with Crippen molar-refractivity contribution in [3.8, 4) is 0 Å². The number of benzene rings is 2. The SMILES string of the molecule is CN(c1ccc(Cl)c(C(N)=O)c1)S(=O)(=O)c1ccc(Cl)cc1. The molecule has 0 radical (unpaired) electrons. The average molecular weight is 359 g/mol. The van der Waals surface area contributed by atoms with Crippen molar-refractivity contribution in [1.82, 2.24) is 0 Å². The van der Waals surface area contributed by atoms with Crippen LogP contribution in [0.4, 0.5) is 5.69 Å². The maximum Gasteiger partial charge on any atom is 0.264 e. The van der Waals surface area contributed by atoms with Crippen LogP contribution in [0.5, 0.6) is 0 Å². The summed E-state index contributed by atoms with van der Waals surface area (Å²) in [6.07, 6.45) is 0. The van der Waals surface area contributed by atoms with Crippen molar-refractivity contribution in [1.29, 1.82) is 0 Å². The summed E-state index contributed by atoms with van der Waals surface area (Å²) in [6.45, 7) is 0. The van der Waals surface area contributed by atoms with Gasteiger partial charge in [0.15, 0.2) is 0 Å². The van der Waals surface area contributed by atoms with Crippen LogP contribution in [0.15, 0.2) is 47.4 Å². The third-order valence-electron chi connectivity index (χ3n) is 3.05. The maximum atomic E-state index is 12.5. The van der Waals surface area contributed by atoms with Crippen molar-refractivity contribution in [2.24, 2.45) is 5.73 Å². The highest BCUT2D eigenvalue weighted by Gasteiger charge is 2.22. The van der Waals surface area contributed by atoms with E-state index in [4.69, 9.17) is 28.9 Å². The average Bonchev–Trinajstić information content (AvgIpc) is 2.47. The van der Waals surface area contributed by atoms with Crippen LogP contribution in [-0.2, 0) is 10.0 Å². The molecule has 2 aromatic carbocycles. The van der Waals surface area contributed by atoms with Gasteiger partial charge in [-0.15, -0.1) is 0 Å². The molecule has 0 saturated heterocycles. The Morgan fingerprint density at radius 3 is 2.23 bits per heavy atom. The van der Waals surface area contributed by atoms with Crippen molar-refractivity contribution in [3.05, 3.63) is 58.1 Å². The van der Waals surface area contributed by atoms with E-state index in [9.17, 15) is 13.2 Å². The summed E-state index contributed by atoms with van der Waals surface area (Å²) in [4.78, 5) is 11.4. The van der Waals surface area contributed by atoms with Gasteiger partial charge >= 0.3 is 0 Å². The first-order valence-electron chi connectivity index (χ1n) is 6.07. The Morgan fingerprint density at radius 2 is 1.68 bits per heavy atom. The van der Waals surface area contributed by atoms with Gasteiger partial charge in [-0.2, -0.15) is 0 Å². The lowest BCUT2D eigenvalue weighted by Crippen LogP contribution is -2.27. The number of carbonyl (C=O) groups excluding carboxylic acids is 1. The van der Waals surface area contributed by atoms with Crippen LogP contribution >= 0.6 is 23.2 Å². The van der Waals surface area contributed by atoms with Crippen LogP contribution in [0.2, 0.25) is 10.0 Å². The van der Waals surface area contributed by atoms with Crippen LogP contribution in [0.1, 0.15) is 10.4 Å². The van der Waals surface area contributed by atoms with Crippen LogP contribution in [0.25, 0.3) is 0 Å². The molecule has 0 aliphatic heterocycles. The fourth-order valence-corrected chi connectivity index (χ4v) is 3.33. The number of carbonyl (C=O) groups is 1. The molecule has 0 aromatic heterocycles. The number of hydrogen-bond acceptors (Lipinski definition) is 3. The normalized spacial score (nSPS) is 11.2. The summed E-state index contributed by atoms with van der Waals surface area (Å²) in [5.41, 5.74) is 5.54. The highest BCUT2D eigenvalue weighted by atomic mass is 35.5. The molecule has 2 rings (SSSR count). The molecule has 0 aliphatic rings. The van der Waals surface area contributed by atoms with Crippen LogP contribution in [0, 0.1) is 0 Å². The van der Waals surface area contributed by atoms with Gasteiger partial charge in [0.25, 0.3) is 10.0 Å². The quantitative estimate of drug-likeness (QED) is 0.912. The molecular formula is C14H12Cl2N2O3S. The zero-order chi connectivity index (χ0) is 16.5. The van der Waals surface area contributed by atoms with Crippen molar-refractivity contribution in [2.45, 2.75) is 4.90 Å². The molecule has 0 heterocycles. The second-order valence-electron chi connectivity index (χ2n) is 4.45. The second-order valence-corrected chi connectivity index (χ2v) is 7.27. The molecule has 2 aromatic rings. The van der Waals surface area contributed by atoms with Crippen molar-refractivity contribution in [3.63, 3.8) is 0 Å². The molecule has 116 valence electrons. The number of halogens is 2. The van der Waals surface area contributed by atoms with E-state index in [0.717, 1.165) is 4.31 Å². The van der Waals surface area contributed by atoms with Crippen molar-refractivity contribution < 1.29 is 13.2 Å². The Kier molecular flexibility index (Phi) is 4.65. The summed E-state index contributed by atoms with van der Waals surface area (Å²) in [5.74, 6) is -0.732. The zero-order valence-corrected chi connectivity index (χ0v) is 13.8. The Bertz CT molecular complexity index is 820. The fraction of sp³-hybridized carbons (Fsp3) is 0.0714. The van der Waals surface area contributed by atoms with Gasteiger partial charge in [-0.05, 0) is 42.5 Å². The summed E-state index contributed by atoms with van der Waals surface area (Å²) in [7, 11) is -2.41. The number of primary amides is 1. The van der Waals surface area contributed by atoms with Gasteiger partial charge in [0.2, 0.25) is 5.91 Å². The number of rotatable bonds is 4. The first-order valence-corrected chi connectivity index (χ1v) is 8.27. The van der Waals surface area contributed by atoms with E-state index in [2.05, 4.69) is 0 Å². The molecule has 0 spiro atoms. The number of nitrogens with zero attached hydrogens (tertiary/aromatic N) is 1. The molecule has 0 atom stereocenters.